The van der Waals surface area contributed by atoms with Crippen LogP contribution in [0.15, 0.2) is 4.99 Å². The largest absolute Gasteiger partial charge is 0.385 e. The van der Waals surface area contributed by atoms with Crippen molar-refractivity contribution in [3.05, 3.63) is 0 Å². The molecule has 0 saturated heterocycles. The predicted molar refractivity (Wildman–Crippen MR) is 85.7 cm³/mol. The Hall–Kier alpha value is -0.740. The zero-order chi connectivity index (χ0) is 15.6. The van der Waals surface area contributed by atoms with E-state index in [1.165, 1.54) is 0 Å². The average molecular weight is 284 g/mol. The van der Waals surface area contributed by atoms with E-state index in [2.05, 4.69) is 24.0 Å². The first-order chi connectivity index (χ1) is 9.27. The Morgan fingerprint density at radius 1 is 1.20 bits per heavy atom. The molecule has 0 aromatic rings. The lowest BCUT2D eigenvalue weighted by Gasteiger charge is -2.17. The van der Waals surface area contributed by atoms with E-state index in [-0.39, 0.29) is 11.2 Å². The molecular weight excluding hydrogens is 252 g/mol. The van der Waals surface area contributed by atoms with Gasteiger partial charge in [0.1, 0.15) is 5.78 Å². The Balaban J connectivity index is 4.39. The number of hydrogen-bond donors (Lipinski definition) is 0. The van der Waals surface area contributed by atoms with Crippen molar-refractivity contribution >= 4 is 11.5 Å². The molecule has 0 aliphatic heterocycles. The normalized spacial score (nSPS) is 13.1. The summed E-state index contributed by atoms with van der Waals surface area (Å²) in [6.07, 6.45) is 3.30. The molecule has 0 bridgehead atoms. The van der Waals surface area contributed by atoms with Crippen LogP contribution >= 0.6 is 0 Å². The number of carbonyl (C=O) groups is 1. The number of ketones is 1. The fourth-order valence-electron chi connectivity index (χ4n) is 1.72. The molecule has 4 heteroatoms. The summed E-state index contributed by atoms with van der Waals surface area (Å²) >= 11 is 0. The van der Waals surface area contributed by atoms with Gasteiger partial charge in [0, 0.05) is 37.8 Å². The zero-order valence-electron chi connectivity index (χ0n) is 14.2. The lowest BCUT2D eigenvalue weighted by molar-refractivity contribution is -0.125. The number of hydrogen-bond acceptors (Lipinski definition) is 4. The molecular formula is C16H32N2O2. The third-order valence-corrected chi connectivity index (χ3v) is 3.11. The van der Waals surface area contributed by atoms with Crippen LogP contribution in [-0.2, 0) is 9.53 Å². The fourth-order valence-corrected chi connectivity index (χ4v) is 1.72. The third kappa shape index (κ3) is 10.1. The predicted octanol–water partition coefficient (Wildman–Crippen LogP) is 2.81. The maximum absolute atomic E-state index is 12.1. The molecule has 0 rings (SSSR count). The molecule has 0 N–H and O–H groups in total. The van der Waals surface area contributed by atoms with E-state index in [9.17, 15) is 4.79 Å². The van der Waals surface area contributed by atoms with Gasteiger partial charge in [-0.2, -0.15) is 0 Å². The minimum Gasteiger partial charge on any atom is -0.385 e. The lowest BCUT2D eigenvalue weighted by atomic mass is 9.87. The van der Waals surface area contributed by atoms with Crippen molar-refractivity contribution in [2.75, 3.05) is 40.9 Å². The monoisotopic (exact) mass is 284 g/mol. The zero-order valence-corrected chi connectivity index (χ0v) is 14.2. The van der Waals surface area contributed by atoms with Crippen LogP contribution in [-0.4, -0.2) is 57.3 Å². The minimum atomic E-state index is -0.286. The fraction of sp³-hybridized carbons (Fsp3) is 0.875. The molecule has 0 amide bonds. The molecule has 0 atom stereocenters. The van der Waals surface area contributed by atoms with Crippen LogP contribution in [0.25, 0.3) is 0 Å². The van der Waals surface area contributed by atoms with Gasteiger partial charge in [0.05, 0.1) is 0 Å². The molecule has 0 aliphatic rings. The van der Waals surface area contributed by atoms with Crippen molar-refractivity contribution in [1.82, 2.24) is 4.90 Å². The number of methoxy groups -OCH3 is 1. The van der Waals surface area contributed by atoms with Crippen molar-refractivity contribution < 1.29 is 9.53 Å². The number of aliphatic imine (C=N–C) groups is 1. The number of Topliss-reactive ketones (excluding diaryl/α,β-unsaturated/α-hetero) is 1. The Labute approximate surface area is 124 Å². The number of carbonyl (C=O) groups excluding carboxylic acids is 1. The Morgan fingerprint density at radius 2 is 1.85 bits per heavy atom. The second-order valence-corrected chi connectivity index (χ2v) is 6.55. The van der Waals surface area contributed by atoms with Crippen LogP contribution in [0.5, 0.6) is 0 Å². The summed E-state index contributed by atoms with van der Waals surface area (Å²) in [7, 11) is 5.83. The van der Waals surface area contributed by atoms with Gasteiger partial charge in [-0.15, -0.1) is 0 Å². The summed E-state index contributed by atoms with van der Waals surface area (Å²) in [5, 5.41) is 0. The standard InChI is InChI=1S/C16H32N2O2/c1-16(2,3)15(19)13-14(9-7-12-20-6)17-10-8-11-18(4)5/h7-13H2,1-6H3. The summed E-state index contributed by atoms with van der Waals surface area (Å²) in [4.78, 5) is 18.9. The van der Waals surface area contributed by atoms with Crippen molar-refractivity contribution in [1.29, 1.82) is 0 Å². The summed E-state index contributed by atoms with van der Waals surface area (Å²) in [6, 6.07) is 0. The van der Waals surface area contributed by atoms with Gasteiger partial charge in [-0.25, -0.2) is 0 Å². The summed E-state index contributed by atoms with van der Waals surface area (Å²) in [5.41, 5.74) is 0.742. The van der Waals surface area contributed by atoms with Crippen LogP contribution in [0.4, 0.5) is 0 Å². The van der Waals surface area contributed by atoms with Gasteiger partial charge in [0.2, 0.25) is 0 Å². The topological polar surface area (TPSA) is 41.9 Å². The molecule has 0 aromatic carbocycles. The summed E-state index contributed by atoms with van der Waals surface area (Å²) < 4.78 is 5.07. The van der Waals surface area contributed by atoms with Crippen molar-refractivity contribution in [3.8, 4) is 0 Å². The quantitative estimate of drug-likeness (QED) is 0.457. The maximum Gasteiger partial charge on any atom is 0.143 e. The molecule has 0 radical (unpaired) electrons. The number of rotatable bonds is 10. The first-order valence-electron chi connectivity index (χ1n) is 7.46. The summed E-state index contributed by atoms with van der Waals surface area (Å²) in [6.45, 7) is 8.46. The van der Waals surface area contributed by atoms with E-state index in [0.717, 1.165) is 44.7 Å². The number of nitrogens with zero attached hydrogens (tertiary/aromatic N) is 2. The van der Waals surface area contributed by atoms with Gasteiger partial charge in [-0.05, 0) is 39.9 Å². The second kappa shape index (κ2) is 10.1. The van der Waals surface area contributed by atoms with E-state index in [1.54, 1.807) is 7.11 Å². The Bertz CT molecular complexity index is 304. The molecule has 0 aliphatic carbocycles. The van der Waals surface area contributed by atoms with Gasteiger partial charge in [0.25, 0.3) is 0 Å². The molecule has 0 unspecified atom stereocenters. The molecule has 118 valence electrons. The van der Waals surface area contributed by atoms with E-state index < -0.39 is 0 Å². The first kappa shape index (κ1) is 19.3. The minimum absolute atomic E-state index is 0.265. The maximum atomic E-state index is 12.1. The molecule has 20 heavy (non-hydrogen) atoms. The second-order valence-electron chi connectivity index (χ2n) is 6.55. The molecule has 0 aromatic heterocycles. The van der Waals surface area contributed by atoms with Gasteiger partial charge < -0.3 is 9.64 Å². The average Bonchev–Trinajstić information content (AvgIpc) is 2.32. The van der Waals surface area contributed by atoms with Crippen LogP contribution in [0.2, 0.25) is 0 Å². The van der Waals surface area contributed by atoms with Crippen molar-refractivity contribution in [3.63, 3.8) is 0 Å². The Kier molecular flexibility index (Phi) is 9.68. The molecule has 0 fully saturated rings. The van der Waals surface area contributed by atoms with Crippen molar-refractivity contribution in [2.45, 2.75) is 46.5 Å². The van der Waals surface area contributed by atoms with Crippen LogP contribution in [0.1, 0.15) is 46.5 Å². The highest BCUT2D eigenvalue weighted by molar-refractivity contribution is 6.03. The molecule has 4 nitrogen and oxygen atoms in total. The highest BCUT2D eigenvalue weighted by Crippen LogP contribution is 2.18. The molecule has 0 spiro atoms. The summed E-state index contributed by atoms with van der Waals surface area (Å²) in [5.74, 6) is 0.265. The SMILES string of the molecule is COCCCC(CC(=O)C(C)(C)C)=NCCCN(C)C. The van der Waals surface area contributed by atoms with Crippen LogP contribution < -0.4 is 0 Å². The van der Waals surface area contributed by atoms with E-state index in [1.807, 2.05) is 20.8 Å². The Morgan fingerprint density at radius 3 is 2.35 bits per heavy atom. The molecule has 0 saturated carbocycles. The van der Waals surface area contributed by atoms with Crippen LogP contribution in [0, 0.1) is 5.41 Å². The van der Waals surface area contributed by atoms with Gasteiger partial charge >= 0.3 is 0 Å². The van der Waals surface area contributed by atoms with Gasteiger partial charge in [0.15, 0.2) is 0 Å². The number of ether oxygens (including phenoxy) is 1. The van der Waals surface area contributed by atoms with E-state index in [4.69, 9.17) is 4.74 Å². The van der Waals surface area contributed by atoms with E-state index in [0.29, 0.717) is 6.42 Å². The molecule has 0 heterocycles. The smallest absolute Gasteiger partial charge is 0.143 e. The van der Waals surface area contributed by atoms with Crippen LogP contribution in [0.3, 0.4) is 0 Å². The third-order valence-electron chi connectivity index (χ3n) is 3.11. The lowest BCUT2D eigenvalue weighted by Crippen LogP contribution is -2.23. The highest BCUT2D eigenvalue weighted by atomic mass is 16.5. The van der Waals surface area contributed by atoms with Gasteiger partial charge in [-0.1, -0.05) is 20.8 Å². The van der Waals surface area contributed by atoms with Crippen molar-refractivity contribution in [2.24, 2.45) is 10.4 Å². The first-order valence-corrected chi connectivity index (χ1v) is 7.46. The van der Waals surface area contributed by atoms with E-state index >= 15 is 0 Å². The van der Waals surface area contributed by atoms with Gasteiger partial charge in [-0.3, -0.25) is 9.79 Å². The highest BCUT2D eigenvalue weighted by Gasteiger charge is 2.22.